The Morgan fingerprint density at radius 3 is 2.08 bits per heavy atom. The van der Waals surface area contributed by atoms with E-state index in [9.17, 15) is 19.8 Å². The molecule has 2 fully saturated rings. The molecule has 4 atom stereocenters. The molecular formula is C31H32N2O6. The number of imide groups is 1. The predicted octanol–water partition coefficient (Wildman–Crippen LogP) is 3.59. The topological polar surface area (TPSA) is 99.5 Å². The van der Waals surface area contributed by atoms with E-state index in [4.69, 9.17) is 9.47 Å². The van der Waals surface area contributed by atoms with Crippen molar-refractivity contribution < 1.29 is 29.3 Å². The lowest BCUT2D eigenvalue weighted by molar-refractivity contribution is -0.252. The minimum atomic E-state index is -0.591. The van der Waals surface area contributed by atoms with Gasteiger partial charge in [0.15, 0.2) is 6.29 Å². The molecule has 6 rings (SSSR count). The first-order valence-electron chi connectivity index (χ1n) is 13.4. The Balaban J connectivity index is 1.18. The number of aliphatic hydroxyl groups is 2. The number of fused-ring (bicyclic) bond motifs is 1. The quantitative estimate of drug-likeness (QED) is 0.452. The van der Waals surface area contributed by atoms with Gasteiger partial charge in [-0.2, -0.15) is 0 Å². The number of likely N-dealkylation sites (tertiary alicyclic amines) is 1. The number of rotatable bonds is 7. The highest BCUT2D eigenvalue weighted by atomic mass is 16.7. The number of carbonyl (C=O) groups is 2. The summed E-state index contributed by atoms with van der Waals surface area (Å²) in [7, 11) is 0. The Morgan fingerprint density at radius 2 is 1.46 bits per heavy atom. The minimum absolute atomic E-state index is 0.00941. The predicted molar refractivity (Wildman–Crippen MR) is 143 cm³/mol. The first-order valence-corrected chi connectivity index (χ1v) is 13.4. The summed E-state index contributed by atoms with van der Waals surface area (Å²) in [6.45, 7) is 2.38. The van der Waals surface area contributed by atoms with Crippen LogP contribution in [0.1, 0.15) is 68.2 Å². The zero-order chi connectivity index (χ0) is 26.9. The van der Waals surface area contributed by atoms with Crippen molar-refractivity contribution >= 4 is 11.8 Å². The van der Waals surface area contributed by atoms with Crippen molar-refractivity contribution in [1.82, 2.24) is 9.80 Å². The third-order valence-electron chi connectivity index (χ3n) is 7.80. The van der Waals surface area contributed by atoms with Crippen LogP contribution in [0.4, 0.5) is 0 Å². The Kier molecular flexibility index (Phi) is 7.29. The smallest absolute Gasteiger partial charge is 0.261 e. The molecule has 202 valence electrons. The van der Waals surface area contributed by atoms with Crippen LogP contribution >= 0.6 is 0 Å². The van der Waals surface area contributed by atoms with Crippen LogP contribution in [0.3, 0.4) is 0 Å². The number of benzene rings is 3. The maximum atomic E-state index is 12.8. The van der Waals surface area contributed by atoms with Gasteiger partial charge in [0.05, 0.1) is 42.6 Å². The van der Waals surface area contributed by atoms with E-state index in [1.807, 2.05) is 48.5 Å². The molecule has 2 amide bonds. The van der Waals surface area contributed by atoms with E-state index in [1.54, 1.807) is 24.3 Å². The van der Waals surface area contributed by atoms with Crippen molar-refractivity contribution in [2.45, 2.75) is 50.6 Å². The zero-order valence-electron chi connectivity index (χ0n) is 21.6. The maximum absolute atomic E-state index is 12.8. The summed E-state index contributed by atoms with van der Waals surface area (Å²) < 4.78 is 12.8. The molecule has 3 aromatic carbocycles. The van der Waals surface area contributed by atoms with Crippen molar-refractivity contribution in [2.75, 3.05) is 19.6 Å². The van der Waals surface area contributed by atoms with E-state index in [-0.39, 0.29) is 43.3 Å². The average Bonchev–Trinajstić information content (AvgIpc) is 3.49. The van der Waals surface area contributed by atoms with E-state index in [2.05, 4.69) is 4.90 Å². The molecule has 0 aliphatic carbocycles. The van der Waals surface area contributed by atoms with E-state index >= 15 is 0 Å². The zero-order valence-corrected chi connectivity index (χ0v) is 21.6. The summed E-state index contributed by atoms with van der Waals surface area (Å²) in [5.41, 5.74) is 4.44. The molecule has 3 aliphatic rings. The Hall–Kier alpha value is -3.40. The van der Waals surface area contributed by atoms with Crippen LogP contribution in [0.2, 0.25) is 0 Å². The van der Waals surface area contributed by atoms with Crippen LogP contribution in [0.25, 0.3) is 0 Å². The Labute approximate surface area is 227 Å². The first-order chi connectivity index (χ1) is 19.0. The lowest BCUT2D eigenvalue weighted by Gasteiger charge is -2.38. The molecule has 0 bridgehead atoms. The standard InChI is InChI=1S/C31H32N2O6/c34-19-21-7-9-22(10-8-21)28-15-25(18-32-14-13-24(35)17-32)38-31(39-28)23-11-5-20(6-12-23)16-33-29(36)26-3-1-2-4-27(26)30(33)37/h1-12,24-25,28,31,34-35H,13-19H2. The largest absolute Gasteiger partial charge is 0.392 e. The molecule has 4 unspecified atom stereocenters. The average molecular weight is 529 g/mol. The van der Waals surface area contributed by atoms with Gasteiger partial charge >= 0.3 is 0 Å². The Bertz CT molecular complexity index is 1310. The molecule has 2 saturated heterocycles. The molecule has 39 heavy (non-hydrogen) atoms. The monoisotopic (exact) mass is 528 g/mol. The highest BCUT2D eigenvalue weighted by molar-refractivity contribution is 6.21. The molecule has 3 aromatic rings. The summed E-state index contributed by atoms with van der Waals surface area (Å²) in [6, 6.07) is 22.3. The highest BCUT2D eigenvalue weighted by Crippen LogP contribution is 2.38. The number of nitrogens with zero attached hydrogens (tertiary/aromatic N) is 2. The second-order valence-corrected chi connectivity index (χ2v) is 10.5. The first kappa shape index (κ1) is 25.9. The fraction of sp³-hybridized carbons (Fsp3) is 0.355. The van der Waals surface area contributed by atoms with Gasteiger partial charge in [-0.3, -0.25) is 19.4 Å². The number of ether oxygens (including phenoxy) is 2. The molecule has 0 saturated carbocycles. The van der Waals surface area contributed by atoms with Crippen molar-refractivity contribution in [1.29, 1.82) is 0 Å². The third kappa shape index (κ3) is 5.39. The summed E-state index contributed by atoms with van der Waals surface area (Å²) in [5, 5.41) is 19.4. The van der Waals surface area contributed by atoms with E-state index in [0.29, 0.717) is 30.6 Å². The molecule has 0 radical (unpaired) electrons. The van der Waals surface area contributed by atoms with E-state index in [0.717, 1.165) is 35.2 Å². The fourth-order valence-corrected chi connectivity index (χ4v) is 5.64. The van der Waals surface area contributed by atoms with Crippen LogP contribution in [0.5, 0.6) is 0 Å². The molecule has 8 heteroatoms. The van der Waals surface area contributed by atoms with Crippen LogP contribution in [0, 0.1) is 0 Å². The molecule has 3 heterocycles. The van der Waals surface area contributed by atoms with Gasteiger partial charge in [-0.1, -0.05) is 60.7 Å². The summed E-state index contributed by atoms with van der Waals surface area (Å²) in [6.07, 6.45) is 0.290. The van der Waals surface area contributed by atoms with Crippen LogP contribution in [-0.2, 0) is 22.6 Å². The van der Waals surface area contributed by atoms with Crippen molar-refractivity contribution in [2.24, 2.45) is 0 Å². The van der Waals surface area contributed by atoms with Gasteiger partial charge in [0, 0.05) is 31.6 Å². The molecule has 8 nitrogen and oxygen atoms in total. The number of carbonyl (C=O) groups excluding carboxylic acids is 2. The maximum Gasteiger partial charge on any atom is 0.261 e. The molecule has 2 N–H and O–H groups in total. The van der Waals surface area contributed by atoms with Gasteiger partial charge in [0.2, 0.25) is 0 Å². The molecule has 0 spiro atoms. The van der Waals surface area contributed by atoms with Gasteiger partial charge in [0.25, 0.3) is 11.8 Å². The van der Waals surface area contributed by atoms with Gasteiger partial charge in [-0.25, -0.2) is 0 Å². The molecule has 3 aliphatic heterocycles. The Morgan fingerprint density at radius 1 is 0.821 bits per heavy atom. The third-order valence-corrected chi connectivity index (χ3v) is 7.80. The van der Waals surface area contributed by atoms with Crippen LogP contribution in [-0.4, -0.2) is 63.7 Å². The highest BCUT2D eigenvalue weighted by Gasteiger charge is 2.36. The van der Waals surface area contributed by atoms with Gasteiger partial charge < -0.3 is 19.7 Å². The van der Waals surface area contributed by atoms with E-state index in [1.165, 1.54) is 4.90 Å². The lowest BCUT2D eigenvalue weighted by Crippen LogP contribution is -2.38. The van der Waals surface area contributed by atoms with Crippen molar-refractivity contribution in [3.8, 4) is 0 Å². The second-order valence-electron chi connectivity index (χ2n) is 10.5. The fourth-order valence-electron chi connectivity index (χ4n) is 5.64. The summed E-state index contributed by atoms with van der Waals surface area (Å²) in [5.74, 6) is -0.549. The minimum Gasteiger partial charge on any atom is -0.392 e. The van der Waals surface area contributed by atoms with E-state index < -0.39 is 6.29 Å². The number of aliphatic hydroxyl groups excluding tert-OH is 2. The number of β-amino-alcohol motifs (C(OH)–C–C–N with tert-alkyl or cyclic N) is 1. The number of hydrogen-bond donors (Lipinski definition) is 2. The van der Waals surface area contributed by atoms with Gasteiger partial charge in [0.1, 0.15) is 0 Å². The second kappa shape index (κ2) is 11.0. The van der Waals surface area contributed by atoms with Crippen LogP contribution in [0.15, 0.2) is 72.8 Å². The van der Waals surface area contributed by atoms with Crippen molar-refractivity contribution in [3.63, 3.8) is 0 Å². The SMILES string of the molecule is O=C1c2ccccc2C(=O)N1Cc1ccc(C2OC(CN3CCC(O)C3)CC(c3ccc(CO)cc3)O2)cc1. The summed E-state index contributed by atoms with van der Waals surface area (Å²) in [4.78, 5) is 29.0. The van der Waals surface area contributed by atoms with Crippen LogP contribution < -0.4 is 0 Å². The lowest BCUT2D eigenvalue weighted by atomic mass is 9.99. The van der Waals surface area contributed by atoms with Gasteiger partial charge in [-0.05, 0) is 35.2 Å². The summed E-state index contributed by atoms with van der Waals surface area (Å²) >= 11 is 0. The normalized spacial score (nSPS) is 25.3. The molecule has 0 aromatic heterocycles. The van der Waals surface area contributed by atoms with Crippen molar-refractivity contribution in [3.05, 3.63) is 106 Å². The number of hydrogen-bond acceptors (Lipinski definition) is 7. The number of amides is 2. The van der Waals surface area contributed by atoms with Gasteiger partial charge in [-0.15, -0.1) is 0 Å². The molecular weight excluding hydrogens is 496 g/mol.